The van der Waals surface area contributed by atoms with Gasteiger partial charge in [-0.1, -0.05) is 12.1 Å². The van der Waals surface area contributed by atoms with Crippen molar-refractivity contribution < 1.29 is 9.53 Å². The molecule has 1 aromatic carbocycles. The Morgan fingerprint density at radius 2 is 2.10 bits per heavy atom. The summed E-state index contributed by atoms with van der Waals surface area (Å²) in [5.74, 6) is 0.562. The molecule has 4 rings (SSSR count). The molecule has 0 fully saturated rings. The van der Waals surface area contributed by atoms with E-state index in [9.17, 15) is 4.79 Å². The summed E-state index contributed by atoms with van der Waals surface area (Å²) in [4.78, 5) is 22.4. The van der Waals surface area contributed by atoms with Crippen molar-refractivity contribution in [2.45, 2.75) is 13.8 Å². The molecule has 4 aromatic rings. The van der Waals surface area contributed by atoms with Gasteiger partial charge in [0.2, 0.25) is 0 Å². The standard InChI is InChI=1S/C20H19N5O2S2/c1-4-27-16-8-6-5-7-14(16)15-11-28-20(23-15)24-18(26)17-12(2)22-19(29-17)13-9-21-25(3)10-13/h5-11H,4H2,1-3H3,(H,23,24,26). The van der Waals surface area contributed by atoms with Gasteiger partial charge < -0.3 is 4.74 Å². The van der Waals surface area contributed by atoms with Gasteiger partial charge in [0.15, 0.2) is 5.13 Å². The highest BCUT2D eigenvalue weighted by Gasteiger charge is 2.19. The highest BCUT2D eigenvalue weighted by molar-refractivity contribution is 7.17. The van der Waals surface area contributed by atoms with Gasteiger partial charge in [0.05, 0.1) is 24.2 Å². The van der Waals surface area contributed by atoms with Gasteiger partial charge in [-0.3, -0.25) is 14.8 Å². The molecule has 1 N–H and O–H groups in total. The van der Waals surface area contributed by atoms with Crippen LogP contribution in [-0.2, 0) is 7.05 Å². The third-order valence-corrected chi connectivity index (χ3v) is 6.11. The average Bonchev–Trinajstić information content (AvgIpc) is 3.42. The number of hydrogen-bond acceptors (Lipinski definition) is 7. The van der Waals surface area contributed by atoms with Crippen LogP contribution in [0.25, 0.3) is 21.8 Å². The number of anilines is 1. The summed E-state index contributed by atoms with van der Waals surface area (Å²) in [5, 5.41) is 10.3. The van der Waals surface area contributed by atoms with Crippen LogP contribution in [0, 0.1) is 6.92 Å². The van der Waals surface area contributed by atoms with Crippen LogP contribution < -0.4 is 10.1 Å². The lowest BCUT2D eigenvalue weighted by Gasteiger charge is -2.07. The Kier molecular flexibility index (Phi) is 5.41. The van der Waals surface area contributed by atoms with Crippen molar-refractivity contribution in [2.24, 2.45) is 7.05 Å². The van der Waals surface area contributed by atoms with Gasteiger partial charge in [-0.25, -0.2) is 9.97 Å². The third-order valence-electron chi connectivity index (χ3n) is 4.14. The zero-order valence-corrected chi connectivity index (χ0v) is 17.8. The average molecular weight is 426 g/mol. The van der Waals surface area contributed by atoms with Gasteiger partial charge >= 0.3 is 0 Å². The number of carbonyl (C=O) groups is 1. The number of carbonyl (C=O) groups excluding carboxylic acids is 1. The van der Waals surface area contributed by atoms with Crippen LogP contribution in [0.2, 0.25) is 0 Å². The minimum atomic E-state index is -0.214. The Bertz CT molecular complexity index is 1160. The van der Waals surface area contributed by atoms with Crippen LogP contribution in [0.15, 0.2) is 42.0 Å². The topological polar surface area (TPSA) is 81.9 Å². The molecule has 148 valence electrons. The highest BCUT2D eigenvalue weighted by Crippen LogP contribution is 2.33. The van der Waals surface area contributed by atoms with Crippen molar-refractivity contribution in [2.75, 3.05) is 11.9 Å². The van der Waals surface area contributed by atoms with Crippen molar-refractivity contribution >= 4 is 33.7 Å². The van der Waals surface area contributed by atoms with Gasteiger partial charge in [-0.2, -0.15) is 5.10 Å². The zero-order chi connectivity index (χ0) is 20.4. The van der Waals surface area contributed by atoms with Crippen LogP contribution in [0.5, 0.6) is 5.75 Å². The minimum absolute atomic E-state index is 0.214. The van der Waals surface area contributed by atoms with Gasteiger partial charge in [0, 0.05) is 29.8 Å². The molecule has 0 atom stereocenters. The van der Waals surface area contributed by atoms with Crippen molar-refractivity contribution in [3.63, 3.8) is 0 Å². The van der Waals surface area contributed by atoms with Crippen LogP contribution in [0.4, 0.5) is 5.13 Å². The van der Waals surface area contributed by atoms with Crippen molar-refractivity contribution in [1.82, 2.24) is 19.7 Å². The molecule has 0 aliphatic carbocycles. The predicted molar refractivity (Wildman–Crippen MR) is 116 cm³/mol. The normalized spacial score (nSPS) is 10.9. The lowest BCUT2D eigenvalue weighted by Crippen LogP contribution is -2.11. The molecule has 0 spiro atoms. The molecule has 3 heterocycles. The van der Waals surface area contributed by atoms with E-state index in [2.05, 4.69) is 20.4 Å². The largest absolute Gasteiger partial charge is 0.493 e. The summed E-state index contributed by atoms with van der Waals surface area (Å²) >= 11 is 2.72. The first kappa shape index (κ1) is 19.3. The number of thiazole rings is 2. The van der Waals surface area contributed by atoms with E-state index in [1.54, 1.807) is 10.9 Å². The Balaban J connectivity index is 1.54. The Hall–Kier alpha value is -3.04. The maximum atomic E-state index is 12.8. The lowest BCUT2D eigenvalue weighted by atomic mass is 10.1. The summed E-state index contributed by atoms with van der Waals surface area (Å²) < 4.78 is 7.39. The number of benzene rings is 1. The van der Waals surface area contributed by atoms with E-state index in [1.165, 1.54) is 22.7 Å². The molecule has 3 aromatic heterocycles. The first-order valence-corrected chi connectivity index (χ1v) is 10.7. The quantitative estimate of drug-likeness (QED) is 0.487. The fraction of sp³-hybridized carbons (Fsp3) is 0.200. The summed E-state index contributed by atoms with van der Waals surface area (Å²) in [6.45, 7) is 4.35. The van der Waals surface area contributed by atoms with Crippen LogP contribution in [0.3, 0.4) is 0 Å². The second kappa shape index (κ2) is 8.14. The molecule has 0 unspecified atom stereocenters. The predicted octanol–water partition coefficient (Wildman–Crippen LogP) is 4.63. The van der Waals surface area contributed by atoms with E-state index < -0.39 is 0 Å². The maximum absolute atomic E-state index is 12.8. The monoisotopic (exact) mass is 425 g/mol. The number of para-hydroxylation sites is 1. The van der Waals surface area contributed by atoms with E-state index in [1.807, 2.05) is 56.7 Å². The molecular formula is C20H19N5O2S2. The molecule has 1 amide bonds. The van der Waals surface area contributed by atoms with Crippen LogP contribution >= 0.6 is 22.7 Å². The first-order chi connectivity index (χ1) is 14.0. The van der Waals surface area contributed by atoms with Crippen molar-refractivity contribution in [3.8, 4) is 27.6 Å². The summed E-state index contributed by atoms with van der Waals surface area (Å²) in [5.41, 5.74) is 3.25. The second-order valence-electron chi connectivity index (χ2n) is 6.26. The number of aromatic nitrogens is 4. The second-order valence-corrected chi connectivity index (χ2v) is 8.11. The molecule has 29 heavy (non-hydrogen) atoms. The number of aryl methyl sites for hydroxylation is 2. The Morgan fingerprint density at radius 1 is 1.28 bits per heavy atom. The lowest BCUT2D eigenvalue weighted by molar-refractivity contribution is 0.103. The zero-order valence-electron chi connectivity index (χ0n) is 16.2. The summed E-state index contributed by atoms with van der Waals surface area (Å²) in [6.07, 6.45) is 3.62. The van der Waals surface area contributed by atoms with E-state index in [-0.39, 0.29) is 5.91 Å². The van der Waals surface area contributed by atoms with E-state index in [0.717, 1.165) is 27.6 Å². The van der Waals surface area contributed by atoms with Crippen molar-refractivity contribution in [3.05, 3.63) is 52.6 Å². The minimum Gasteiger partial charge on any atom is -0.493 e. The van der Waals surface area contributed by atoms with E-state index in [4.69, 9.17) is 4.74 Å². The molecule has 0 saturated carbocycles. The third kappa shape index (κ3) is 4.06. The van der Waals surface area contributed by atoms with Crippen molar-refractivity contribution in [1.29, 1.82) is 0 Å². The van der Waals surface area contributed by atoms with Crippen LogP contribution in [0.1, 0.15) is 22.3 Å². The van der Waals surface area contributed by atoms with Gasteiger partial charge in [0.1, 0.15) is 15.6 Å². The van der Waals surface area contributed by atoms with Crippen LogP contribution in [-0.4, -0.2) is 32.3 Å². The molecular weight excluding hydrogens is 406 g/mol. The van der Waals surface area contributed by atoms with Gasteiger partial charge in [-0.15, -0.1) is 22.7 Å². The van der Waals surface area contributed by atoms with Gasteiger partial charge in [0.25, 0.3) is 5.91 Å². The Morgan fingerprint density at radius 3 is 2.86 bits per heavy atom. The molecule has 0 bridgehead atoms. The fourth-order valence-corrected chi connectivity index (χ4v) is 4.47. The number of ether oxygens (including phenoxy) is 1. The maximum Gasteiger partial charge on any atom is 0.269 e. The van der Waals surface area contributed by atoms with E-state index >= 15 is 0 Å². The number of nitrogens with zero attached hydrogens (tertiary/aromatic N) is 4. The molecule has 9 heteroatoms. The SMILES string of the molecule is CCOc1ccccc1-c1csc(NC(=O)c2sc(-c3cnn(C)c3)nc2C)n1. The number of hydrogen-bond donors (Lipinski definition) is 1. The molecule has 0 aliphatic rings. The molecule has 7 nitrogen and oxygen atoms in total. The number of amides is 1. The summed E-state index contributed by atoms with van der Waals surface area (Å²) in [7, 11) is 1.85. The summed E-state index contributed by atoms with van der Waals surface area (Å²) in [6, 6.07) is 7.74. The number of nitrogens with one attached hydrogen (secondary N) is 1. The first-order valence-electron chi connectivity index (χ1n) is 9.00. The molecule has 0 saturated heterocycles. The molecule has 0 aliphatic heterocycles. The highest BCUT2D eigenvalue weighted by atomic mass is 32.1. The number of rotatable bonds is 6. The fourth-order valence-electron chi connectivity index (χ4n) is 2.83. The molecule has 0 radical (unpaired) electrons. The van der Waals surface area contributed by atoms with Gasteiger partial charge in [-0.05, 0) is 26.0 Å². The Labute approximate surface area is 176 Å². The smallest absolute Gasteiger partial charge is 0.269 e. The van der Waals surface area contributed by atoms with E-state index in [0.29, 0.717) is 22.3 Å².